The van der Waals surface area contributed by atoms with Crippen LogP contribution in [-0.2, 0) is 11.3 Å². The maximum Gasteiger partial charge on any atom is 0.326 e. The van der Waals surface area contributed by atoms with Crippen LogP contribution in [0.15, 0.2) is 18.3 Å². The molecule has 1 aromatic rings. The predicted octanol–water partition coefficient (Wildman–Crippen LogP) is 1.78. The number of nitrogens with zero attached hydrogens (tertiary/aromatic N) is 2. The van der Waals surface area contributed by atoms with E-state index in [0.717, 1.165) is 17.7 Å². The van der Waals surface area contributed by atoms with Gasteiger partial charge in [-0.15, -0.1) is 0 Å². The Morgan fingerprint density at radius 3 is 2.86 bits per heavy atom. The van der Waals surface area contributed by atoms with Crippen molar-refractivity contribution in [2.45, 2.75) is 39.3 Å². The fourth-order valence-electron chi connectivity index (χ4n) is 2.50. The molecule has 0 bridgehead atoms. The molecule has 2 N–H and O–H groups in total. The van der Waals surface area contributed by atoms with Crippen LogP contribution in [0.2, 0.25) is 0 Å². The average molecular weight is 291 g/mol. The molecule has 21 heavy (non-hydrogen) atoms. The molecule has 2 heterocycles. The first-order valence-corrected chi connectivity index (χ1v) is 7.16. The molecule has 2 atom stereocenters. The standard InChI is InChI=1S/C15H21N3O3/c1-10-5-6-18(13(7-10)14(19)20)15(21)17-9-12-4-3-11(2)16-8-12/h3-4,8,10,13H,5-7,9H2,1-2H3,(H,17,21)(H,19,20). The molecule has 2 unspecified atom stereocenters. The molecule has 2 rings (SSSR count). The lowest BCUT2D eigenvalue weighted by Gasteiger charge is -2.35. The molecule has 0 saturated carbocycles. The van der Waals surface area contributed by atoms with Crippen LogP contribution in [-0.4, -0.2) is 39.6 Å². The van der Waals surface area contributed by atoms with Gasteiger partial charge in [0.15, 0.2) is 0 Å². The third kappa shape index (κ3) is 3.93. The molecule has 0 aromatic carbocycles. The Morgan fingerprint density at radius 1 is 1.48 bits per heavy atom. The Balaban J connectivity index is 1.95. The molecule has 1 aliphatic rings. The minimum Gasteiger partial charge on any atom is -0.480 e. The maximum absolute atomic E-state index is 12.2. The second-order valence-electron chi connectivity index (χ2n) is 5.64. The van der Waals surface area contributed by atoms with Crippen molar-refractivity contribution in [1.82, 2.24) is 15.2 Å². The zero-order chi connectivity index (χ0) is 15.4. The molecule has 0 spiro atoms. The number of aliphatic carboxylic acids is 1. The first-order valence-electron chi connectivity index (χ1n) is 7.16. The minimum atomic E-state index is -0.936. The molecule has 0 radical (unpaired) electrons. The van der Waals surface area contributed by atoms with Gasteiger partial charge in [-0.1, -0.05) is 13.0 Å². The molecule has 6 nitrogen and oxygen atoms in total. The molecule has 1 aliphatic heterocycles. The fourth-order valence-corrected chi connectivity index (χ4v) is 2.50. The molecule has 114 valence electrons. The Morgan fingerprint density at radius 2 is 2.24 bits per heavy atom. The van der Waals surface area contributed by atoms with Crippen molar-refractivity contribution >= 4 is 12.0 Å². The Hall–Kier alpha value is -2.11. The molecule has 6 heteroatoms. The molecule has 0 aliphatic carbocycles. The summed E-state index contributed by atoms with van der Waals surface area (Å²) in [7, 11) is 0. The van der Waals surface area contributed by atoms with E-state index in [0.29, 0.717) is 25.4 Å². The summed E-state index contributed by atoms with van der Waals surface area (Å²) >= 11 is 0. The summed E-state index contributed by atoms with van der Waals surface area (Å²) in [5.74, 6) is -0.606. The van der Waals surface area contributed by atoms with Crippen molar-refractivity contribution in [1.29, 1.82) is 0 Å². The highest BCUT2D eigenvalue weighted by molar-refractivity contribution is 5.82. The van der Waals surface area contributed by atoms with Crippen LogP contribution in [0.3, 0.4) is 0 Å². The second kappa shape index (κ2) is 6.56. The van der Waals surface area contributed by atoms with Crippen molar-refractivity contribution in [3.8, 4) is 0 Å². The van der Waals surface area contributed by atoms with Gasteiger partial charge in [-0.25, -0.2) is 9.59 Å². The van der Waals surface area contributed by atoms with Gasteiger partial charge in [0, 0.05) is 25.0 Å². The number of piperidine rings is 1. The van der Waals surface area contributed by atoms with Crippen LogP contribution >= 0.6 is 0 Å². The lowest BCUT2D eigenvalue weighted by molar-refractivity contribution is -0.143. The summed E-state index contributed by atoms with van der Waals surface area (Å²) in [5, 5.41) is 12.0. The van der Waals surface area contributed by atoms with Gasteiger partial charge in [0.1, 0.15) is 6.04 Å². The second-order valence-corrected chi connectivity index (χ2v) is 5.64. The van der Waals surface area contributed by atoms with Gasteiger partial charge in [-0.05, 0) is 37.3 Å². The Labute approximate surface area is 124 Å². The Bertz CT molecular complexity index is 515. The largest absolute Gasteiger partial charge is 0.480 e. The first kappa shape index (κ1) is 15.3. The van der Waals surface area contributed by atoms with Crippen LogP contribution < -0.4 is 5.32 Å². The van der Waals surface area contributed by atoms with E-state index in [1.807, 2.05) is 26.0 Å². The van der Waals surface area contributed by atoms with Crippen molar-refractivity contribution in [2.24, 2.45) is 5.92 Å². The highest BCUT2D eigenvalue weighted by Crippen LogP contribution is 2.22. The van der Waals surface area contributed by atoms with Crippen molar-refractivity contribution < 1.29 is 14.7 Å². The van der Waals surface area contributed by atoms with Crippen molar-refractivity contribution in [2.75, 3.05) is 6.54 Å². The number of carbonyl (C=O) groups excluding carboxylic acids is 1. The number of amides is 2. The topological polar surface area (TPSA) is 82.5 Å². The van der Waals surface area contributed by atoms with Crippen LogP contribution in [0.1, 0.15) is 31.0 Å². The highest BCUT2D eigenvalue weighted by atomic mass is 16.4. The number of pyridine rings is 1. The maximum atomic E-state index is 12.2. The van der Waals surface area contributed by atoms with Gasteiger partial charge in [-0.3, -0.25) is 4.98 Å². The number of aromatic nitrogens is 1. The average Bonchev–Trinajstić information content (AvgIpc) is 2.46. The van der Waals surface area contributed by atoms with Crippen LogP contribution in [0, 0.1) is 12.8 Å². The number of carbonyl (C=O) groups is 2. The summed E-state index contributed by atoms with van der Waals surface area (Å²) < 4.78 is 0. The SMILES string of the molecule is Cc1ccc(CNC(=O)N2CCC(C)CC2C(=O)O)cn1. The zero-order valence-corrected chi connectivity index (χ0v) is 12.4. The fraction of sp³-hybridized carbons (Fsp3) is 0.533. The van der Waals surface area contributed by atoms with E-state index in [1.165, 1.54) is 4.90 Å². The van der Waals surface area contributed by atoms with Crippen molar-refractivity contribution in [3.05, 3.63) is 29.6 Å². The van der Waals surface area contributed by atoms with E-state index in [2.05, 4.69) is 10.3 Å². The first-order chi connectivity index (χ1) is 9.97. The lowest BCUT2D eigenvalue weighted by atomic mass is 9.93. The molecule has 2 amide bonds. The lowest BCUT2D eigenvalue weighted by Crippen LogP contribution is -2.53. The van der Waals surface area contributed by atoms with Gasteiger partial charge in [0.25, 0.3) is 0 Å². The minimum absolute atomic E-state index is 0.324. The molecular formula is C15H21N3O3. The van der Waals surface area contributed by atoms with E-state index < -0.39 is 12.0 Å². The Kier molecular flexibility index (Phi) is 4.77. The number of urea groups is 1. The summed E-state index contributed by atoms with van der Waals surface area (Å²) in [5.41, 5.74) is 1.81. The van der Waals surface area contributed by atoms with Crippen LogP contribution in [0.5, 0.6) is 0 Å². The van der Waals surface area contributed by atoms with Crippen LogP contribution in [0.25, 0.3) is 0 Å². The summed E-state index contributed by atoms with van der Waals surface area (Å²) in [6.45, 7) is 4.75. The zero-order valence-electron chi connectivity index (χ0n) is 12.4. The summed E-state index contributed by atoms with van der Waals surface area (Å²) in [6, 6.07) is 2.72. The quantitative estimate of drug-likeness (QED) is 0.889. The number of nitrogens with one attached hydrogen (secondary N) is 1. The number of likely N-dealkylation sites (tertiary alicyclic amines) is 1. The molecule has 1 aromatic heterocycles. The van der Waals surface area contributed by atoms with E-state index in [-0.39, 0.29) is 6.03 Å². The highest BCUT2D eigenvalue weighted by Gasteiger charge is 2.34. The van der Waals surface area contributed by atoms with Gasteiger partial charge in [0.2, 0.25) is 0 Å². The molecule has 1 saturated heterocycles. The van der Waals surface area contributed by atoms with Crippen LogP contribution in [0.4, 0.5) is 4.79 Å². The van der Waals surface area contributed by atoms with E-state index >= 15 is 0 Å². The number of carboxylic acid groups (broad SMARTS) is 1. The van der Waals surface area contributed by atoms with Gasteiger partial charge in [0.05, 0.1) is 0 Å². The van der Waals surface area contributed by atoms with Gasteiger partial charge in [-0.2, -0.15) is 0 Å². The predicted molar refractivity (Wildman–Crippen MR) is 77.7 cm³/mol. The number of hydrogen-bond acceptors (Lipinski definition) is 3. The number of carboxylic acids is 1. The van der Waals surface area contributed by atoms with E-state index in [1.54, 1.807) is 6.20 Å². The monoisotopic (exact) mass is 291 g/mol. The number of hydrogen-bond donors (Lipinski definition) is 2. The summed E-state index contributed by atoms with van der Waals surface area (Å²) in [6.07, 6.45) is 3.06. The third-order valence-electron chi connectivity index (χ3n) is 3.83. The number of rotatable bonds is 3. The third-order valence-corrected chi connectivity index (χ3v) is 3.83. The van der Waals surface area contributed by atoms with Gasteiger partial charge >= 0.3 is 12.0 Å². The molecular weight excluding hydrogens is 270 g/mol. The smallest absolute Gasteiger partial charge is 0.326 e. The van der Waals surface area contributed by atoms with Crippen molar-refractivity contribution in [3.63, 3.8) is 0 Å². The van der Waals surface area contributed by atoms with Gasteiger partial charge < -0.3 is 15.3 Å². The summed E-state index contributed by atoms with van der Waals surface area (Å²) in [4.78, 5) is 29.1. The normalized spacial score (nSPS) is 21.9. The number of aryl methyl sites for hydroxylation is 1. The molecule has 1 fully saturated rings. The van der Waals surface area contributed by atoms with E-state index in [9.17, 15) is 14.7 Å². The van der Waals surface area contributed by atoms with E-state index in [4.69, 9.17) is 0 Å².